The molecule has 0 atom stereocenters. The van der Waals surface area contributed by atoms with Crippen molar-refractivity contribution in [2.75, 3.05) is 6.54 Å². The Balaban J connectivity index is 1.76. The van der Waals surface area contributed by atoms with E-state index < -0.39 is 0 Å². The van der Waals surface area contributed by atoms with Crippen LogP contribution in [0.15, 0.2) is 46.9 Å². The van der Waals surface area contributed by atoms with E-state index in [2.05, 4.69) is 15.9 Å². The predicted octanol–water partition coefficient (Wildman–Crippen LogP) is 3.60. The zero-order valence-corrected chi connectivity index (χ0v) is 13.2. The summed E-state index contributed by atoms with van der Waals surface area (Å²) in [6.07, 6.45) is 0.657. The molecule has 1 aliphatic rings. The molecule has 0 aliphatic carbocycles. The summed E-state index contributed by atoms with van der Waals surface area (Å²) in [4.78, 5) is 25.8. The van der Waals surface area contributed by atoms with E-state index in [0.29, 0.717) is 24.1 Å². The van der Waals surface area contributed by atoms with Gasteiger partial charge in [-0.3, -0.25) is 14.5 Å². The number of amides is 2. The molecule has 106 valence electrons. The molecular formula is C17H14BrNO2. The first-order chi connectivity index (χ1) is 10.1. The molecule has 0 N–H and O–H groups in total. The molecule has 3 nitrogen and oxygen atoms in total. The molecule has 0 bridgehead atoms. The average molecular weight is 344 g/mol. The number of fused-ring (bicyclic) bond motifs is 1. The van der Waals surface area contributed by atoms with E-state index in [9.17, 15) is 9.59 Å². The van der Waals surface area contributed by atoms with Gasteiger partial charge < -0.3 is 0 Å². The summed E-state index contributed by atoms with van der Waals surface area (Å²) >= 11 is 3.50. The lowest BCUT2D eigenvalue weighted by Crippen LogP contribution is -2.31. The minimum absolute atomic E-state index is 0.193. The first-order valence-electron chi connectivity index (χ1n) is 6.78. The molecule has 4 heteroatoms. The Hall–Kier alpha value is -1.94. The Labute approximate surface area is 131 Å². The molecule has 3 rings (SSSR count). The van der Waals surface area contributed by atoms with Crippen molar-refractivity contribution in [1.82, 2.24) is 4.90 Å². The summed E-state index contributed by atoms with van der Waals surface area (Å²) in [7, 11) is 0. The van der Waals surface area contributed by atoms with E-state index in [4.69, 9.17) is 0 Å². The second kappa shape index (κ2) is 5.45. The maximum atomic E-state index is 12.2. The maximum absolute atomic E-state index is 12.2. The molecule has 21 heavy (non-hydrogen) atoms. The smallest absolute Gasteiger partial charge is 0.261 e. The molecule has 0 radical (unpaired) electrons. The fourth-order valence-electron chi connectivity index (χ4n) is 2.47. The molecule has 0 aromatic heterocycles. The van der Waals surface area contributed by atoms with Crippen molar-refractivity contribution in [1.29, 1.82) is 0 Å². The highest BCUT2D eigenvalue weighted by atomic mass is 79.9. The SMILES string of the molecule is Cc1ccc(CCN2C(=O)c3ccccc3C2=O)cc1Br. The van der Waals surface area contributed by atoms with Crippen LogP contribution >= 0.6 is 15.9 Å². The highest BCUT2D eigenvalue weighted by Gasteiger charge is 2.34. The fourth-order valence-corrected chi connectivity index (χ4v) is 2.90. The molecule has 2 amide bonds. The van der Waals surface area contributed by atoms with Gasteiger partial charge in [0.15, 0.2) is 0 Å². The summed E-state index contributed by atoms with van der Waals surface area (Å²) < 4.78 is 1.04. The Bertz CT molecular complexity index is 704. The van der Waals surface area contributed by atoms with Gasteiger partial charge in [-0.2, -0.15) is 0 Å². The lowest BCUT2D eigenvalue weighted by atomic mass is 10.1. The molecule has 2 aromatic carbocycles. The minimum Gasteiger partial charge on any atom is -0.274 e. The van der Waals surface area contributed by atoms with Crippen LogP contribution in [0.3, 0.4) is 0 Å². The highest BCUT2D eigenvalue weighted by Crippen LogP contribution is 2.23. The largest absolute Gasteiger partial charge is 0.274 e. The summed E-state index contributed by atoms with van der Waals surface area (Å²) in [6, 6.07) is 13.1. The third-order valence-corrected chi connectivity index (χ3v) is 4.59. The number of nitrogens with zero attached hydrogens (tertiary/aromatic N) is 1. The van der Waals surface area contributed by atoms with Gasteiger partial charge in [0.25, 0.3) is 11.8 Å². The molecule has 0 saturated carbocycles. The van der Waals surface area contributed by atoms with Crippen LogP contribution in [0.2, 0.25) is 0 Å². The molecule has 1 heterocycles. The Morgan fingerprint density at radius 2 is 1.62 bits per heavy atom. The molecule has 1 aliphatic heterocycles. The molecule has 0 unspecified atom stereocenters. The summed E-state index contributed by atoms with van der Waals surface area (Å²) in [6.45, 7) is 2.43. The highest BCUT2D eigenvalue weighted by molar-refractivity contribution is 9.10. The van der Waals surface area contributed by atoms with Crippen molar-refractivity contribution >= 4 is 27.7 Å². The monoisotopic (exact) mass is 343 g/mol. The Kier molecular flexibility index (Phi) is 3.64. The van der Waals surface area contributed by atoms with Crippen molar-refractivity contribution in [3.63, 3.8) is 0 Å². The van der Waals surface area contributed by atoms with E-state index in [1.807, 2.05) is 25.1 Å². The van der Waals surface area contributed by atoms with Gasteiger partial charge in [-0.05, 0) is 42.7 Å². The minimum atomic E-state index is -0.193. The first-order valence-corrected chi connectivity index (χ1v) is 7.57. The Morgan fingerprint density at radius 3 is 2.19 bits per heavy atom. The standard InChI is InChI=1S/C17H14BrNO2/c1-11-6-7-12(10-15(11)18)8-9-19-16(20)13-4-2-3-5-14(13)17(19)21/h2-7,10H,8-9H2,1H3. The van der Waals surface area contributed by atoms with Gasteiger partial charge >= 0.3 is 0 Å². The zero-order chi connectivity index (χ0) is 15.0. The predicted molar refractivity (Wildman–Crippen MR) is 84.4 cm³/mol. The Morgan fingerprint density at radius 1 is 1.00 bits per heavy atom. The number of benzene rings is 2. The van der Waals surface area contributed by atoms with E-state index in [0.717, 1.165) is 10.0 Å². The summed E-state index contributed by atoms with van der Waals surface area (Å²) in [5.74, 6) is -0.386. The number of imide groups is 1. The van der Waals surface area contributed by atoms with Crippen molar-refractivity contribution in [2.45, 2.75) is 13.3 Å². The van der Waals surface area contributed by atoms with Crippen LogP contribution in [-0.2, 0) is 6.42 Å². The van der Waals surface area contributed by atoms with E-state index >= 15 is 0 Å². The molecule has 0 saturated heterocycles. The lowest BCUT2D eigenvalue weighted by molar-refractivity contribution is 0.0656. The van der Waals surface area contributed by atoms with E-state index in [-0.39, 0.29) is 11.8 Å². The third-order valence-electron chi connectivity index (χ3n) is 3.74. The third kappa shape index (κ3) is 2.51. The average Bonchev–Trinajstić information content (AvgIpc) is 2.73. The first kappa shape index (κ1) is 14.0. The van der Waals surface area contributed by atoms with Gasteiger partial charge in [0.05, 0.1) is 11.1 Å². The van der Waals surface area contributed by atoms with Crippen molar-refractivity contribution in [3.05, 3.63) is 69.2 Å². The van der Waals surface area contributed by atoms with Gasteiger partial charge in [-0.1, -0.05) is 40.2 Å². The van der Waals surface area contributed by atoms with Gasteiger partial charge in [0.2, 0.25) is 0 Å². The number of halogens is 1. The van der Waals surface area contributed by atoms with Crippen LogP contribution in [0, 0.1) is 6.92 Å². The maximum Gasteiger partial charge on any atom is 0.261 e. The zero-order valence-electron chi connectivity index (χ0n) is 11.6. The molecular weight excluding hydrogens is 330 g/mol. The van der Waals surface area contributed by atoms with Crippen LogP contribution in [-0.4, -0.2) is 23.3 Å². The summed E-state index contributed by atoms with van der Waals surface area (Å²) in [5, 5.41) is 0. The summed E-state index contributed by atoms with van der Waals surface area (Å²) in [5.41, 5.74) is 3.28. The molecule has 2 aromatic rings. The van der Waals surface area contributed by atoms with Crippen molar-refractivity contribution in [2.24, 2.45) is 0 Å². The normalized spacial score (nSPS) is 13.7. The van der Waals surface area contributed by atoms with Gasteiger partial charge in [-0.15, -0.1) is 0 Å². The van der Waals surface area contributed by atoms with Crippen LogP contribution < -0.4 is 0 Å². The topological polar surface area (TPSA) is 37.4 Å². The van der Waals surface area contributed by atoms with Crippen molar-refractivity contribution < 1.29 is 9.59 Å². The quantitative estimate of drug-likeness (QED) is 0.798. The number of hydrogen-bond donors (Lipinski definition) is 0. The fraction of sp³-hybridized carbons (Fsp3) is 0.176. The van der Waals surface area contributed by atoms with Crippen LogP contribution in [0.25, 0.3) is 0 Å². The molecule has 0 spiro atoms. The lowest BCUT2D eigenvalue weighted by Gasteiger charge is -2.14. The van der Waals surface area contributed by atoms with Crippen LogP contribution in [0.4, 0.5) is 0 Å². The second-order valence-electron chi connectivity index (χ2n) is 5.14. The van der Waals surface area contributed by atoms with E-state index in [1.165, 1.54) is 10.5 Å². The number of carbonyl (C=O) groups is 2. The number of aryl methyl sites for hydroxylation is 1. The number of carbonyl (C=O) groups excluding carboxylic acids is 2. The van der Waals surface area contributed by atoms with Gasteiger partial charge in [0.1, 0.15) is 0 Å². The van der Waals surface area contributed by atoms with Crippen molar-refractivity contribution in [3.8, 4) is 0 Å². The molecule has 0 fully saturated rings. The number of rotatable bonds is 3. The van der Waals surface area contributed by atoms with Gasteiger partial charge in [-0.25, -0.2) is 0 Å². The number of hydrogen-bond acceptors (Lipinski definition) is 2. The van der Waals surface area contributed by atoms with Crippen LogP contribution in [0.5, 0.6) is 0 Å². The van der Waals surface area contributed by atoms with Gasteiger partial charge in [0, 0.05) is 11.0 Å². The second-order valence-corrected chi connectivity index (χ2v) is 6.00. The van der Waals surface area contributed by atoms with Crippen LogP contribution in [0.1, 0.15) is 31.8 Å². The van der Waals surface area contributed by atoms with E-state index in [1.54, 1.807) is 24.3 Å².